The lowest BCUT2D eigenvalue weighted by Crippen LogP contribution is -2.31. The number of carbonyl (C=O) groups excluding carboxylic acids is 3. The lowest BCUT2D eigenvalue weighted by atomic mass is 10.2. The van der Waals surface area contributed by atoms with E-state index in [0.29, 0.717) is 21.8 Å². The first-order valence-corrected chi connectivity index (χ1v) is 9.31. The van der Waals surface area contributed by atoms with E-state index >= 15 is 0 Å². The monoisotopic (exact) mass is 387 g/mol. The van der Waals surface area contributed by atoms with Gasteiger partial charge in [-0.25, -0.2) is 9.59 Å². The minimum Gasteiger partial charge on any atom is -0.465 e. The van der Waals surface area contributed by atoms with Gasteiger partial charge in [0.1, 0.15) is 5.75 Å². The third-order valence-electron chi connectivity index (χ3n) is 3.40. The van der Waals surface area contributed by atoms with Crippen LogP contribution in [-0.4, -0.2) is 36.8 Å². The summed E-state index contributed by atoms with van der Waals surface area (Å²) in [5, 5.41) is 2.81. The normalized spacial score (nSPS) is 10.4. The Kier molecular flexibility index (Phi) is 7.43. The Morgan fingerprint density at radius 2 is 1.67 bits per heavy atom. The number of rotatable bonds is 7. The highest BCUT2D eigenvalue weighted by atomic mass is 32.2. The van der Waals surface area contributed by atoms with Crippen molar-refractivity contribution in [3.8, 4) is 5.75 Å². The molecule has 0 radical (unpaired) electrons. The lowest BCUT2D eigenvalue weighted by Gasteiger charge is -2.11. The molecule has 0 saturated heterocycles. The van der Waals surface area contributed by atoms with Gasteiger partial charge in [0.05, 0.1) is 24.0 Å². The lowest BCUT2D eigenvalue weighted by molar-refractivity contribution is -0.119. The van der Waals surface area contributed by atoms with Crippen LogP contribution in [0.2, 0.25) is 0 Å². The van der Waals surface area contributed by atoms with E-state index in [-0.39, 0.29) is 17.7 Å². The molecule has 0 spiro atoms. The first kappa shape index (κ1) is 20.5. The smallest absolute Gasteiger partial charge is 0.344 e. The first-order chi connectivity index (χ1) is 12.9. The highest BCUT2D eigenvalue weighted by Gasteiger charge is 2.15. The Bertz CT molecular complexity index is 817. The van der Waals surface area contributed by atoms with Crippen LogP contribution in [0.5, 0.6) is 5.75 Å². The second-order valence-electron chi connectivity index (χ2n) is 5.91. The summed E-state index contributed by atoms with van der Waals surface area (Å²) in [5.74, 6) is -0.583. The second kappa shape index (κ2) is 9.78. The zero-order chi connectivity index (χ0) is 19.8. The van der Waals surface area contributed by atoms with Gasteiger partial charge in [-0.15, -0.1) is 11.8 Å². The molecule has 0 aromatic heterocycles. The minimum atomic E-state index is -0.534. The van der Waals surface area contributed by atoms with Gasteiger partial charge in [0.2, 0.25) is 5.91 Å². The highest BCUT2D eigenvalue weighted by molar-refractivity contribution is 8.00. The van der Waals surface area contributed by atoms with Crippen molar-refractivity contribution >= 4 is 29.6 Å². The quantitative estimate of drug-likeness (QED) is 0.446. The molecule has 0 atom stereocenters. The fraction of sp³-hybridized carbons (Fsp3) is 0.250. The summed E-state index contributed by atoms with van der Waals surface area (Å²) >= 11 is 1.27. The number of amides is 1. The number of hydrogen-bond acceptors (Lipinski definition) is 6. The molecule has 0 heterocycles. The molecule has 27 heavy (non-hydrogen) atoms. The van der Waals surface area contributed by atoms with Crippen LogP contribution in [0.15, 0.2) is 53.4 Å². The van der Waals surface area contributed by atoms with Gasteiger partial charge in [0.25, 0.3) is 0 Å². The molecule has 0 aliphatic carbocycles. The molecule has 1 N–H and O–H groups in total. The van der Waals surface area contributed by atoms with E-state index < -0.39 is 11.9 Å². The zero-order valence-electron chi connectivity index (χ0n) is 15.4. The molecule has 0 bridgehead atoms. The van der Waals surface area contributed by atoms with E-state index in [0.717, 1.165) is 0 Å². The summed E-state index contributed by atoms with van der Waals surface area (Å²) in [4.78, 5) is 36.4. The maximum absolute atomic E-state index is 12.5. The predicted molar refractivity (Wildman–Crippen MR) is 103 cm³/mol. The van der Waals surface area contributed by atoms with Crippen LogP contribution in [0.25, 0.3) is 0 Å². The van der Waals surface area contributed by atoms with E-state index in [1.807, 2.05) is 13.8 Å². The molecule has 142 valence electrons. The van der Waals surface area contributed by atoms with E-state index in [1.54, 1.807) is 24.3 Å². The number of hydrogen-bond donors (Lipinski definition) is 1. The molecule has 0 saturated carbocycles. The van der Waals surface area contributed by atoms with Crippen LogP contribution in [0.4, 0.5) is 0 Å². The van der Waals surface area contributed by atoms with Crippen molar-refractivity contribution in [2.45, 2.75) is 24.8 Å². The third-order valence-corrected chi connectivity index (χ3v) is 4.47. The van der Waals surface area contributed by atoms with Crippen molar-refractivity contribution in [3.63, 3.8) is 0 Å². The summed E-state index contributed by atoms with van der Waals surface area (Å²) in [5.41, 5.74) is 0.737. The SMILES string of the molecule is COC(=O)c1ccc(OC(=O)c2ccccc2SCC(=O)NC(C)C)cc1. The van der Waals surface area contributed by atoms with Gasteiger partial charge >= 0.3 is 11.9 Å². The number of thioether (sulfide) groups is 1. The van der Waals surface area contributed by atoms with Crippen LogP contribution in [0.3, 0.4) is 0 Å². The van der Waals surface area contributed by atoms with Gasteiger partial charge in [0.15, 0.2) is 0 Å². The van der Waals surface area contributed by atoms with E-state index in [4.69, 9.17) is 4.74 Å². The Morgan fingerprint density at radius 1 is 1.00 bits per heavy atom. The van der Waals surface area contributed by atoms with Crippen molar-refractivity contribution in [1.29, 1.82) is 0 Å². The summed E-state index contributed by atoms with van der Waals surface area (Å²) in [6.45, 7) is 3.78. The second-order valence-corrected chi connectivity index (χ2v) is 6.93. The van der Waals surface area contributed by atoms with Crippen LogP contribution in [-0.2, 0) is 9.53 Å². The first-order valence-electron chi connectivity index (χ1n) is 8.32. The van der Waals surface area contributed by atoms with E-state index in [1.165, 1.54) is 43.1 Å². The number of methoxy groups -OCH3 is 1. The van der Waals surface area contributed by atoms with Crippen LogP contribution >= 0.6 is 11.8 Å². The molecular weight excluding hydrogens is 366 g/mol. The van der Waals surface area contributed by atoms with Crippen molar-refractivity contribution < 1.29 is 23.9 Å². The number of nitrogens with one attached hydrogen (secondary N) is 1. The average Bonchev–Trinajstić information content (AvgIpc) is 2.66. The van der Waals surface area contributed by atoms with Gasteiger partial charge in [-0.05, 0) is 50.2 Å². The standard InChI is InChI=1S/C20H21NO5S/c1-13(2)21-18(22)12-27-17-7-5-4-6-16(17)20(24)26-15-10-8-14(9-11-15)19(23)25-3/h4-11,13H,12H2,1-3H3,(H,21,22). The molecule has 0 aliphatic rings. The Balaban J connectivity index is 2.06. The molecule has 1 amide bonds. The molecule has 6 nitrogen and oxygen atoms in total. The Labute approximate surface area is 162 Å². The molecule has 2 rings (SSSR count). The van der Waals surface area contributed by atoms with E-state index in [9.17, 15) is 14.4 Å². The Morgan fingerprint density at radius 3 is 2.30 bits per heavy atom. The molecule has 7 heteroatoms. The molecular formula is C20H21NO5S. The van der Waals surface area contributed by atoms with Crippen molar-refractivity contribution in [1.82, 2.24) is 5.32 Å². The Hall–Kier alpha value is -2.80. The van der Waals surface area contributed by atoms with Crippen molar-refractivity contribution in [2.24, 2.45) is 0 Å². The van der Waals surface area contributed by atoms with Crippen molar-refractivity contribution in [2.75, 3.05) is 12.9 Å². The summed E-state index contributed by atoms with van der Waals surface area (Å²) in [6.07, 6.45) is 0. The van der Waals surface area contributed by atoms with E-state index in [2.05, 4.69) is 10.1 Å². The maximum atomic E-state index is 12.5. The fourth-order valence-electron chi connectivity index (χ4n) is 2.21. The van der Waals surface area contributed by atoms with Crippen LogP contribution < -0.4 is 10.1 Å². The van der Waals surface area contributed by atoms with Gasteiger partial charge in [-0.2, -0.15) is 0 Å². The molecule has 0 aliphatic heterocycles. The summed E-state index contributed by atoms with van der Waals surface area (Å²) < 4.78 is 10.0. The highest BCUT2D eigenvalue weighted by Crippen LogP contribution is 2.24. The molecule has 2 aromatic rings. The molecule has 2 aromatic carbocycles. The van der Waals surface area contributed by atoms with Crippen molar-refractivity contribution in [3.05, 3.63) is 59.7 Å². The zero-order valence-corrected chi connectivity index (χ0v) is 16.2. The fourth-order valence-corrected chi connectivity index (χ4v) is 3.06. The predicted octanol–water partition coefficient (Wildman–Crippen LogP) is 3.31. The number of benzene rings is 2. The summed E-state index contributed by atoms with van der Waals surface area (Å²) in [6, 6.07) is 13.1. The van der Waals surface area contributed by atoms with Gasteiger partial charge in [-0.3, -0.25) is 4.79 Å². The minimum absolute atomic E-state index is 0.0614. The van der Waals surface area contributed by atoms with Gasteiger partial charge in [0, 0.05) is 10.9 Å². The van der Waals surface area contributed by atoms with Gasteiger partial charge < -0.3 is 14.8 Å². The average molecular weight is 387 g/mol. The maximum Gasteiger partial charge on any atom is 0.344 e. The van der Waals surface area contributed by atoms with Crippen LogP contribution in [0.1, 0.15) is 34.6 Å². The van der Waals surface area contributed by atoms with Crippen LogP contribution in [0, 0.1) is 0 Å². The number of carbonyl (C=O) groups is 3. The third kappa shape index (κ3) is 6.14. The largest absolute Gasteiger partial charge is 0.465 e. The summed E-state index contributed by atoms with van der Waals surface area (Å²) in [7, 11) is 1.30. The topological polar surface area (TPSA) is 81.7 Å². The molecule has 0 fully saturated rings. The molecule has 0 unspecified atom stereocenters. The van der Waals surface area contributed by atoms with Gasteiger partial charge in [-0.1, -0.05) is 12.1 Å². The number of esters is 2. The number of ether oxygens (including phenoxy) is 2.